The fourth-order valence-corrected chi connectivity index (χ4v) is 4.29. The minimum Gasteiger partial charge on any atom is -0.472 e. The monoisotopic (exact) mass is 326 g/mol. The molecule has 2 amide bonds. The average Bonchev–Trinajstić information content (AvgIpc) is 2.85. The number of hydrogen-bond donors (Lipinski definition) is 1. The highest BCUT2D eigenvalue weighted by Crippen LogP contribution is 2.53. The normalized spacial score (nSPS) is 33.6. The molecule has 4 heterocycles. The number of amides is 2. The highest BCUT2D eigenvalue weighted by Gasteiger charge is 2.69. The Morgan fingerprint density at radius 3 is 2.92 bits per heavy atom. The van der Waals surface area contributed by atoms with E-state index in [0.717, 1.165) is 6.42 Å². The smallest absolute Gasteiger partial charge is 0.300 e. The van der Waals surface area contributed by atoms with Crippen LogP contribution in [0, 0.1) is 5.92 Å². The number of carbonyl (C=O) groups is 3. The van der Waals surface area contributed by atoms with Crippen LogP contribution in [0.2, 0.25) is 0 Å². The van der Waals surface area contributed by atoms with Crippen LogP contribution < -0.4 is 10.2 Å². The molecule has 0 bridgehead atoms. The van der Waals surface area contributed by atoms with Gasteiger partial charge >= 0.3 is 5.91 Å². The molecule has 3 atom stereocenters. The van der Waals surface area contributed by atoms with Crippen molar-refractivity contribution in [2.45, 2.75) is 24.7 Å². The first kappa shape index (κ1) is 13.7. The molecule has 5 rings (SSSR count). The van der Waals surface area contributed by atoms with E-state index in [0.29, 0.717) is 24.4 Å². The van der Waals surface area contributed by atoms with Gasteiger partial charge in [0.1, 0.15) is 0 Å². The summed E-state index contributed by atoms with van der Waals surface area (Å²) in [6.45, 7) is 0.528. The Bertz CT molecular complexity index is 832. The number of rotatable bonds is 0. The SMILES string of the molecule is O=C1C(=O)N2c3ccccc3NC(=O)C23C1=COC1OCCCC13. The van der Waals surface area contributed by atoms with Crippen LogP contribution in [-0.4, -0.2) is 36.0 Å². The molecule has 3 unspecified atom stereocenters. The summed E-state index contributed by atoms with van der Waals surface area (Å²) in [6.07, 6.45) is 1.97. The Morgan fingerprint density at radius 1 is 1.21 bits per heavy atom. The van der Waals surface area contributed by atoms with E-state index in [9.17, 15) is 14.4 Å². The number of benzene rings is 1. The number of carbonyl (C=O) groups excluding carboxylic acids is 3. The Balaban J connectivity index is 1.81. The Labute approximate surface area is 137 Å². The molecule has 1 aromatic rings. The quantitative estimate of drug-likeness (QED) is 0.718. The van der Waals surface area contributed by atoms with Crippen molar-refractivity contribution in [2.24, 2.45) is 5.92 Å². The van der Waals surface area contributed by atoms with Crippen LogP contribution in [0.25, 0.3) is 0 Å². The van der Waals surface area contributed by atoms with Crippen molar-refractivity contribution in [1.29, 1.82) is 0 Å². The lowest BCUT2D eigenvalue weighted by Crippen LogP contribution is -2.67. The van der Waals surface area contributed by atoms with Gasteiger partial charge in [-0.2, -0.15) is 0 Å². The zero-order chi connectivity index (χ0) is 16.5. The molecule has 1 spiro atoms. The molecule has 7 heteroatoms. The van der Waals surface area contributed by atoms with Crippen molar-refractivity contribution < 1.29 is 23.9 Å². The molecule has 0 radical (unpaired) electrons. The lowest BCUT2D eigenvalue weighted by Gasteiger charge is -2.50. The zero-order valence-electron chi connectivity index (χ0n) is 12.7. The lowest BCUT2D eigenvalue weighted by molar-refractivity contribution is -0.187. The standard InChI is InChI=1S/C17H14N2O5/c20-13-10-8-24-15-9(4-3-7-23-15)17(10)16(22)18-11-5-1-2-6-12(11)19(17)14(13)21/h1-2,5-6,8-9,15H,3-4,7H2,(H,18,22). The molecule has 1 N–H and O–H groups in total. The number of nitrogens with zero attached hydrogens (tertiary/aromatic N) is 1. The largest absolute Gasteiger partial charge is 0.472 e. The van der Waals surface area contributed by atoms with Crippen LogP contribution in [0.4, 0.5) is 11.4 Å². The fraction of sp³-hybridized carbons (Fsp3) is 0.353. The highest BCUT2D eigenvalue weighted by molar-refractivity contribution is 6.54. The van der Waals surface area contributed by atoms with Crippen molar-refractivity contribution in [3.05, 3.63) is 36.1 Å². The first-order valence-corrected chi connectivity index (χ1v) is 7.93. The second-order valence-corrected chi connectivity index (χ2v) is 6.36. The molecule has 4 aliphatic heterocycles. The summed E-state index contributed by atoms with van der Waals surface area (Å²) in [6, 6.07) is 7.00. The number of nitrogens with one attached hydrogen (secondary N) is 1. The van der Waals surface area contributed by atoms with Gasteiger partial charge in [-0.25, -0.2) is 0 Å². The number of ether oxygens (including phenoxy) is 2. The summed E-state index contributed by atoms with van der Waals surface area (Å²) in [7, 11) is 0. The summed E-state index contributed by atoms with van der Waals surface area (Å²) >= 11 is 0. The molecule has 2 saturated heterocycles. The second kappa shape index (κ2) is 4.45. The number of anilines is 2. The van der Waals surface area contributed by atoms with E-state index in [1.807, 2.05) is 0 Å². The van der Waals surface area contributed by atoms with E-state index in [1.54, 1.807) is 24.3 Å². The number of para-hydroxylation sites is 2. The summed E-state index contributed by atoms with van der Waals surface area (Å²) in [5.41, 5.74) is -0.224. The average molecular weight is 326 g/mol. The van der Waals surface area contributed by atoms with Gasteiger partial charge in [0.05, 0.1) is 35.7 Å². The van der Waals surface area contributed by atoms with E-state index in [2.05, 4.69) is 5.32 Å². The molecule has 122 valence electrons. The minimum absolute atomic E-state index is 0.103. The number of ketones is 1. The number of hydrogen-bond acceptors (Lipinski definition) is 5. The first-order chi connectivity index (χ1) is 11.7. The van der Waals surface area contributed by atoms with Crippen LogP contribution in [0.15, 0.2) is 36.1 Å². The van der Waals surface area contributed by atoms with E-state index in [-0.39, 0.29) is 11.5 Å². The summed E-state index contributed by atoms with van der Waals surface area (Å²) in [4.78, 5) is 39.8. The van der Waals surface area contributed by atoms with Crippen LogP contribution in [-0.2, 0) is 23.9 Å². The summed E-state index contributed by atoms with van der Waals surface area (Å²) in [5.74, 6) is -2.19. The fourth-order valence-electron chi connectivity index (χ4n) is 4.29. The molecular weight excluding hydrogens is 312 g/mol. The van der Waals surface area contributed by atoms with Crippen molar-refractivity contribution in [3.63, 3.8) is 0 Å². The topological polar surface area (TPSA) is 84.9 Å². The number of fused-ring (bicyclic) bond motifs is 3. The van der Waals surface area contributed by atoms with Gasteiger partial charge in [0, 0.05) is 0 Å². The maximum absolute atomic E-state index is 13.1. The third-order valence-corrected chi connectivity index (χ3v) is 5.27. The van der Waals surface area contributed by atoms with Crippen LogP contribution in [0.3, 0.4) is 0 Å². The number of Topliss-reactive ketones (excluding diaryl/α,β-unsaturated/α-hetero) is 1. The second-order valence-electron chi connectivity index (χ2n) is 6.36. The Morgan fingerprint density at radius 2 is 2.04 bits per heavy atom. The van der Waals surface area contributed by atoms with Crippen LogP contribution in [0.1, 0.15) is 12.8 Å². The first-order valence-electron chi connectivity index (χ1n) is 7.93. The van der Waals surface area contributed by atoms with Gasteiger partial charge in [0.15, 0.2) is 5.54 Å². The molecule has 2 fully saturated rings. The maximum Gasteiger partial charge on any atom is 0.300 e. The predicted octanol–water partition coefficient (Wildman–Crippen LogP) is 0.960. The van der Waals surface area contributed by atoms with E-state index in [1.165, 1.54) is 11.2 Å². The summed E-state index contributed by atoms with van der Waals surface area (Å²) in [5, 5.41) is 2.86. The Kier molecular flexibility index (Phi) is 2.55. The molecule has 0 aromatic heterocycles. The Hall–Kier alpha value is -2.67. The van der Waals surface area contributed by atoms with Crippen molar-refractivity contribution in [1.82, 2.24) is 0 Å². The van der Waals surface area contributed by atoms with Gasteiger partial charge in [-0.3, -0.25) is 19.3 Å². The van der Waals surface area contributed by atoms with Gasteiger partial charge in [-0.15, -0.1) is 0 Å². The molecule has 4 aliphatic rings. The molecule has 24 heavy (non-hydrogen) atoms. The lowest BCUT2D eigenvalue weighted by atomic mass is 9.71. The third-order valence-electron chi connectivity index (χ3n) is 5.27. The van der Waals surface area contributed by atoms with Crippen molar-refractivity contribution >= 4 is 29.0 Å². The van der Waals surface area contributed by atoms with Gasteiger partial charge < -0.3 is 14.8 Å². The molecule has 1 aromatic carbocycles. The van der Waals surface area contributed by atoms with Gasteiger partial charge in [-0.05, 0) is 25.0 Å². The van der Waals surface area contributed by atoms with Gasteiger partial charge in [0.2, 0.25) is 6.29 Å². The van der Waals surface area contributed by atoms with E-state index >= 15 is 0 Å². The van der Waals surface area contributed by atoms with Gasteiger partial charge in [-0.1, -0.05) is 12.1 Å². The van der Waals surface area contributed by atoms with Crippen LogP contribution in [0.5, 0.6) is 0 Å². The molecule has 7 nitrogen and oxygen atoms in total. The maximum atomic E-state index is 13.1. The van der Waals surface area contributed by atoms with Crippen molar-refractivity contribution in [2.75, 3.05) is 16.8 Å². The van der Waals surface area contributed by atoms with E-state index in [4.69, 9.17) is 9.47 Å². The van der Waals surface area contributed by atoms with Crippen molar-refractivity contribution in [3.8, 4) is 0 Å². The third kappa shape index (κ3) is 1.39. The zero-order valence-corrected chi connectivity index (χ0v) is 12.7. The van der Waals surface area contributed by atoms with Crippen LogP contribution >= 0.6 is 0 Å². The van der Waals surface area contributed by atoms with E-state index < -0.39 is 29.4 Å². The molecular formula is C17H14N2O5. The van der Waals surface area contributed by atoms with Gasteiger partial charge in [0.25, 0.3) is 11.7 Å². The highest BCUT2D eigenvalue weighted by atomic mass is 16.7. The summed E-state index contributed by atoms with van der Waals surface area (Å²) < 4.78 is 11.2. The minimum atomic E-state index is -1.38. The molecule has 0 aliphatic carbocycles. The molecule has 0 saturated carbocycles. The predicted molar refractivity (Wildman–Crippen MR) is 81.9 cm³/mol.